The molecule has 0 aliphatic carbocycles. The first-order valence-electron chi connectivity index (χ1n) is 12.4. The van der Waals surface area contributed by atoms with Crippen molar-refractivity contribution in [1.29, 1.82) is 0 Å². The number of aromatic amines is 1. The second-order valence-corrected chi connectivity index (χ2v) is 8.96. The molecule has 3 aromatic rings. The molecule has 1 aliphatic rings. The van der Waals surface area contributed by atoms with Crippen molar-refractivity contribution in [3.8, 4) is 0 Å². The fourth-order valence-corrected chi connectivity index (χ4v) is 4.51. The van der Waals surface area contributed by atoms with E-state index >= 15 is 0 Å². The van der Waals surface area contributed by atoms with E-state index in [1.54, 1.807) is 29.7 Å². The molecule has 190 valence electrons. The van der Waals surface area contributed by atoms with Gasteiger partial charge >= 0.3 is 0 Å². The van der Waals surface area contributed by atoms with Gasteiger partial charge in [-0.1, -0.05) is 43.2 Å². The Hall–Kier alpha value is -3.69. The molecule has 0 radical (unpaired) electrons. The van der Waals surface area contributed by atoms with Crippen molar-refractivity contribution >= 4 is 40.0 Å². The van der Waals surface area contributed by atoms with E-state index in [4.69, 9.17) is 9.94 Å². The molecule has 0 saturated carbocycles. The Kier molecular flexibility index (Phi) is 8.70. The van der Waals surface area contributed by atoms with E-state index in [-0.39, 0.29) is 18.2 Å². The second kappa shape index (κ2) is 12.3. The number of fused-ring (bicyclic) bond motifs is 4. The predicted molar refractivity (Wildman–Crippen MR) is 137 cm³/mol. The van der Waals surface area contributed by atoms with Crippen LogP contribution in [0.4, 0.5) is 11.4 Å². The maximum atomic E-state index is 13.4. The minimum atomic E-state index is -0.646. The Balaban J connectivity index is 1.52. The number of unbranched alkanes of at least 4 members (excludes halogenated alkanes) is 2. The lowest BCUT2D eigenvalue weighted by Gasteiger charge is -2.20. The summed E-state index contributed by atoms with van der Waals surface area (Å²) in [6.45, 7) is 0.425. The second-order valence-electron chi connectivity index (χ2n) is 8.96. The quantitative estimate of drug-likeness (QED) is 0.196. The third-order valence-electron chi connectivity index (χ3n) is 6.37. The first-order valence-corrected chi connectivity index (χ1v) is 12.4. The molecule has 0 saturated heterocycles. The third-order valence-corrected chi connectivity index (χ3v) is 6.37. The molecule has 5 N–H and O–H groups in total. The largest absolute Gasteiger partial charge is 0.368 e. The third kappa shape index (κ3) is 6.30. The molecule has 4 rings (SSSR count). The molecule has 0 bridgehead atoms. The van der Waals surface area contributed by atoms with Crippen molar-refractivity contribution in [1.82, 2.24) is 10.5 Å². The van der Waals surface area contributed by atoms with Gasteiger partial charge in [-0.3, -0.25) is 19.6 Å². The average molecular weight is 493 g/mol. The highest BCUT2D eigenvalue weighted by Gasteiger charge is 2.23. The monoisotopic (exact) mass is 492 g/mol. The van der Waals surface area contributed by atoms with Crippen molar-refractivity contribution in [3.63, 3.8) is 0 Å². The van der Waals surface area contributed by atoms with Crippen molar-refractivity contribution in [2.24, 2.45) is 0 Å². The fourth-order valence-electron chi connectivity index (χ4n) is 4.51. The van der Waals surface area contributed by atoms with E-state index in [1.165, 1.54) is 0 Å². The molecule has 0 spiro atoms. The van der Waals surface area contributed by atoms with Crippen LogP contribution in [0.5, 0.6) is 0 Å². The Labute approximate surface area is 209 Å². The van der Waals surface area contributed by atoms with E-state index in [0.29, 0.717) is 49.2 Å². The molecule has 0 unspecified atom stereocenters. The number of rotatable bonds is 6. The number of amides is 3. The van der Waals surface area contributed by atoms with Gasteiger partial charge in [0, 0.05) is 29.6 Å². The van der Waals surface area contributed by atoms with E-state index in [9.17, 15) is 14.4 Å². The van der Waals surface area contributed by atoms with Gasteiger partial charge in [0.1, 0.15) is 6.10 Å². The summed E-state index contributed by atoms with van der Waals surface area (Å²) < 4.78 is 6.00. The molecule has 1 atom stereocenters. The highest BCUT2D eigenvalue weighted by molar-refractivity contribution is 6.15. The van der Waals surface area contributed by atoms with Crippen LogP contribution in [0.2, 0.25) is 0 Å². The maximum Gasteiger partial charge on any atom is 0.258 e. The molecular formula is C27H32N4O5. The van der Waals surface area contributed by atoms with Gasteiger partial charge < -0.3 is 20.4 Å². The van der Waals surface area contributed by atoms with Crippen molar-refractivity contribution < 1.29 is 24.3 Å². The van der Waals surface area contributed by atoms with Crippen molar-refractivity contribution in [2.45, 2.75) is 57.5 Å². The number of hydrogen-bond acceptors (Lipinski definition) is 5. The van der Waals surface area contributed by atoms with Crippen LogP contribution in [0, 0.1) is 0 Å². The molecule has 2 heterocycles. The van der Waals surface area contributed by atoms with Crippen LogP contribution in [0.15, 0.2) is 48.5 Å². The summed E-state index contributed by atoms with van der Waals surface area (Å²) in [4.78, 5) is 41.1. The normalized spacial score (nSPS) is 16.9. The molecule has 1 aliphatic heterocycles. The van der Waals surface area contributed by atoms with Gasteiger partial charge in [-0.2, -0.15) is 0 Å². The van der Waals surface area contributed by atoms with Gasteiger partial charge in [-0.15, -0.1) is 0 Å². The number of anilines is 2. The lowest BCUT2D eigenvalue weighted by Crippen LogP contribution is -2.31. The summed E-state index contributed by atoms with van der Waals surface area (Å²) in [7, 11) is 0. The number of aromatic nitrogens is 1. The lowest BCUT2D eigenvalue weighted by atomic mass is 10.1. The number of carbonyl (C=O) groups excluding carboxylic acids is 3. The fraction of sp³-hybridized carbons (Fsp3) is 0.370. The van der Waals surface area contributed by atoms with E-state index in [0.717, 1.165) is 35.9 Å². The zero-order chi connectivity index (χ0) is 25.3. The Morgan fingerprint density at radius 3 is 2.53 bits per heavy atom. The van der Waals surface area contributed by atoms with Gasteiger partial charge in [0.25, 0.3) is 11.8 Å². The number of H-pyrrole nitrogens is 1. The maximum absolute atomic E-state index is 13.4. The van der Waals surface area contributed by atoms with Crippen LogP contribution in [-0.2, 0) is 20.7 Å². The van der Waals surface area contributed by atoms with Gasteiger partial charge in [0.2, 0.25) is 5.91 Å². The van der Waals surface area contributed by atoms with E-state index in [1.807, 2.05) is 24.3 Å². The van der Waals surface area contributed by atoms with Gasteiger partial charge in [-0.05, 0) is 50.3 Å². The van der Waals surface area contributed by atoms with Crippen LogP contribution >= 0.6 is 0 Å². The number of hydroxylamine groups is 1. The van der Waals surface area contributed by atoms with Crippen molar-refractivity contribution in [3.05, 3.63) is 59.8 Å². The van der Waals surface area contributed by atoms with Crippen LogP contribution in [-0.4, -0.2) is 40.6 Å². The van der Waals surface area contributed by atoms with E-state index < -0.39 is 12.0 Å². The number of ether oxygens (including phenoxy) is 1. The number of aryl methyl sites for hydroxylation is 1. The van der Waals surface area contributed by atoms with Gasteiger partial charge in [0.05, 0.1) is 16.9 Å². The number of hydrogen-bond donors (Lipinski definition) is 5. The molecule has 3 amide bonds. The average Bonchev–Trinajstić information content (AvgIpc) is 3.25. The Morgan fingerprint density at radius 1 is 0.972 bits per heavy atom. The SMILES string of the molecule is O=C(CCCCC[C@@H]1OCCCCc2[nH]c3ccccc3c2C(=O)Nc2ccccc2NC1=O)NO. The summed E-state index contributed by atoms with van der Waals surface area (Å²) in [6.07, 6.45) is 4.37. The van der Waals surface area contributed by atoms with Crippen LogP contribution in [0.25, 0.3) is 10.9 Å². The topological polar surface area (TPSA) is 133 Å². The molecule has 36 heavy (non-hydrogen) atoms. The van der Waals surface area contributed by atoms with Crippen molar-refractivity contribution in [2.75, 3.05) is 17.2 Å². The predicted octanol–water partition coefficient (Wildman–Crippen LogP) is 4.54. The van der Waals surface area contributed by atoms with Gasteiger partial charge in [-0.25, -0.2) is 5.48 Å². The van der Waals surface area contributed by atoms with Gasteiger partial charge in [0.15, 0.2) is 0 Å². The zero-order valence-corrected chi connectivity index (χ0v) is 20.1. The summed E-state index contributed by atoms with van der Waals surface area (Å²) >= 11 is 0. The number of para-hydroxylation sites is 3. The smallest absolute Gasteiger partial charge is 0.258 e. The highest BCUT2D eigenvalue weighted by atomic mass is 16.5. The Bertz CT molecular complexity index is 1220. The van der Waals surface area contributed by atoms with E-state index in [2.05, 4.69) is 15.6 Å². The summed E-state index contributed by atoms with van der Waals surface area (Å²) in [5, 5.41) is 15.4. The molecule has 0 fully saturated rings. The van der Waals surface area contributed by atoms with Crippen LogP contribution in [0.1, 0.15) is 61.0 Å². The molecule has 2 aromatic carbocycles. The first kappa shape index (κ1) is 25.4. The molecular weight excluding hydrogens is 460 g/mol. The molecule has 1 aromatic heterocycles. The minimum absolute atomic E-state index is 0.221. The lowest BCUT2D eigenvalue weighted by molar-refractivity contribution is -0.129. The number of nitrogens with one attached hydrogen (secondary N) is 4. The number of benzene rings is 2. The first-order chi connectivity index (χ1) is 17.6. The molecule has 9 nitrogen and oxygen atoms in total. The summed E-state index contributed by atoms with van der Waals surface area (Å²) in [5.74, 6) is -0.908. The van der Waals surface area contributed by atoms with Crippen LogP contribution < -0.4 is 16.1 Å². The highest BCUT2D eigenvalue weighted by Crippen LogP contribution is 2.28. The zero-order valence-electron chi connectivity index (χ0n) is 20.1. The standard InChI is InChI=1S/C27H32N4O5/c32-24(31-35)16-3-1-2-15-23-26(33)29-20-12-6-7-13-21(20)30-27(34)25-18-10-4-5-11-19(18)28-22(25)14-8-9-17-36-23/h4-7,10-13,23,28,35H,1-3,8-9,14-17H2,(H,29,33)(H,30,34)(H,31,32)/t23-/m0/s1. The minimum Gasteiger partial charge on any atom is -0.368 e. The number of carbonyl (C=O) groups is 3. The van der Waals surface area contributed by atoms with Crippen LogP contribution in [0.3, 0.4) is 0 Å². The Morgan fingerprint density at radius 2 is 1.72 bits per heavy atom. The summed E-state index contributed by atoms with van der Waals surface area (Å²) in [6, 6.07) is 14.9. The summed E-state index contributed by atoms with van der Waals surface area (Å²) in [5.41, 5.74) is 5.06. The molecule has 9 heteroatoms.